The number of amides is 1. The van der Waals surface area contributed by atoms with Gasteiger partial charge in [-0.1, -0.05) is 6.07 Å². The molecule has 0 aliphatic carbocycles. The molecule has 0 bridgehead atoms. The van der Waals surface area contributed by atoms with Crippen LogP contribution in [0.1, 0.15) is 12.6 Å². The van der Waals surface area contributed by atoms with E-state index in [1.807, 2.05) is 13.0 Å². The lowest BCUT2D eigenvalue weighted by Crippen LogP contribution is -2.32. The molecule has 1 N–H and O–H groups in total. The molecule has 0 atom stereocenters. The van der Waals surface area contributed by atoms with E-state index in [9.17, 15) is 4.79 Å². The second-order valence-corrected chi connectivity index (χ2v) is 3.28. The number of aromatic nitrogens is 1. The van der Waals surface area contributed by atoms with Crippen LogP contribution in [0.25, 0.3) is 0 Å². The van der Waals surface area contributed by atoms with Crippen LogP contribution in [0.3, 0.4) is 0 Å². The summed E-state index contributed by atoms with van der Waals surface area (Å²) in [7, 11) is 1.74. The van der Waals surface area contributed by atoms with Crippen LogP contribution in [0.2, 0.25) is 0 Å². The first-order chi connectivity index (χ1) is 7.67. The van der Waals surface area contributed by atoms with Gasteiger partial charge in [-0.15, -0.1) is 0 Å². The summed E-state index contributed by atoms with van der Waals surface area (Å²) < 4.78 is 0. The molecule has 0 unspecified atom stereocenters. The first-order valence-corrected chi connectivity index (χ1v) is 5.02. The summed E-state index contributed by atoms with van der Waals surface area (Å²) >= 11 is 0. The molecule has 1 aromatic rings. The van der Waals surface area contributed by atoms with Gasteiger partial charge >= 0.3 is 0 Å². The first kappa shape index (κ1) is 12.0. The van der Waals surface area contributed by atoms with E-state index in [-0.39, 0.29) is 12.5 Å². The lowest BCUT2D eigenvalue weighted by atomic mass is 10.3. The van der Waals surface area contributed by atoms with Crippen molar-refractivity contribution in [2.24, 2.45) is 0 Å². The van der Waals surface area contributed by atoms with Crippen LogP contribution in [0.5, 0.6) is 0 Å². The minimum atomic E-state index is -0.00772. The van der Waals surface area contributed by atoms with E-state index in [1.54, 1.807) is 30.1 Å². The smallest absolute Gasteiger partial charge is 0.241 e. The monoisotopic (exact) mass is 218 g/mol. The number of anilines is 1. The van der Waals surface area contributed by atoms with Crippen LogP contribution in [-0.4, -0.2) is 35.9 Å². The maximum absolute atomic E-state index is 11.5. The highest BCUT2D eigenvalue weighted by Gasteiger charge is 2.06. The summed E-state index contributed by atoms with van der Waals surface area (Å²) in [5, 5.41) is 11.5. The van der Waals surface area contributed by atoms with Crippen LogP contribution in [-0.2, 0) is 4.79 Å². The maximum Gasteiger partial charge on any atom is 0.241 e. The van der Waals surface area contributed by atoms with E-state index in [1.165, 1.54) is 0 Å². The molecule has 5 heteroatoms. The number of nitrogens with one attached hydrogen (secondary N) is 1. The zero-order valence-electron chi connectivity index (χ0n) is 9.40. The Hall–Kier alpha value is -2.09. The number of carbonyl (C=O) groups excluding carboxylic acids is 1. The average molecular weight is 218 g/mol. The third-order valence-corrected chi connectivity index (χ3v) is 2.18. The van der Waals surface area contributed by atoms with Gasteiger partial charge in [0, 0.05) is 13.6 Å². The minimum Gasteiger partial charge on any atom is -0.361 e. The van der Waals surface area contributed by atoms with Crippen LogP contribution in [0, 0.1) is 11.3 Å². The molecule has 0 saturated carbocycles. The predicted octanol–water partition coefficient (Wildman–Crippen LogP) is 0.843. The summed E-state index contributed by atoms with van der Waals surface area (Å²) in [5.41, 5.74) is 0.335. The van der Waals surface area contributed by atoms with E-state index in [2.05, 4.69) is 10.3 Å². The number of hydrogen-bond acceptors (Lipinski definition) is 4. The second-order valence-electron chi connectivity index (χ2n) is 3.28. The molecule has 1 amide bonds. The minimum absolute atomic E-state index is 0.00772. The summed E-state index contributed by atoms with van der Waals surface area (Å²) in [5.74, 6) is 0.531. The molecule has 0 radical (unpaired) electrons. The van der Waals surface area contributed by atoms with Crippen LogP contribution in [0.4, 0.5) is 5.82 Å². The van der Waals surface area contributed by atoms with Gasteiger partial charge in [0.15, 0.2) is 0 Å². The van der Waals surface area contributed by atoms with Crippen molar-refractivity contribution in [2.75, 3.05) is 25.5 Å². The zero-order chi connectivity index (χ0) is 12.0. The zero-order valence-corrected chi connectivity index (χ0v) is 9.40. The van der Waals surface area contributed by atoms with E-state index in [0.29, 0.717) is 18.1 Å². The summed E-state index contributed by atoms with van der Waals surface area (Å²) in [4.78, 5) is 17.1. The highest BCUT2D eigenvalue weighted by Crippen LogP contribution is 2.03. The van der Waals surface area contributed by atoms with Crippen LogP contribution >= 0.6 is 0 Å². The fourth-order valence-corrected chi connectivity index (χ4v) is 1.07. The van der Waals surface area contributed by atoms with Crippen molar-refractivity contribution in [3.63, 3.8) is 0 Å². The summed E-state index contributed by atoms with van der Waals surface area (Å²) in [6.45, 7) is 2.77. The molecular weight excluding hydrogens is 204 g/mol. The third-order valence-electron chi connectivity index (χ3n) is 2.18. The fraction of sp³-hybridized carbons (Fsp3) is 0.364. The van der Waals surface area contributed by atoms with Gasteiger partial charge < -0.3 is 10.2 Å². The molecule has 5 nitrogen and oxygen atoms in total. The number of hydrogen-bond donors (Lipinski definition) is 1. The Morgan fingerprint density at radius 1 is 1.62 bits per heavy atom. The third kappa shape index (κ3) is 3.24. The molecule has 16 heavy (non-hydrogen) atoms. The standard InChI is InChI=1S/C11H14N4O/c1-3-15(2)11(16)8-13-10-6-4-5-9(7-12)14-10/h4-6H,3,8H2,1-2H3,(H,13,14). The van der Waals surface area contributed by atoms with Crippen molar-refractivity contribution < 1.29 is 4.79 Å². The van der Waals surface area contributed by atoms with Gasteiger partial charge in [-0.25, -0.2) is 4.98 Å². The van der Waals surface area contributed by atoms with Crippen molar-refractivity contribution in [2.45, 2.75) is 6.92 Å². The molecule has 84 valence electrons. The van der Waals surface area contributed by atoms with Crippen molar-refractivity contribution in [3.8, 4) is 6.07 Å². The van der Waals surface area contributed by atoms with E-state index in [4.69, 9.17) is 5.26 Å². The SMILES string of the molecule is CCN(C)C(=O)CNc1cccc(C#N)n1. The van der Waals surface area contributed by atoms with E-state index in [0.717, 1.165) is 0 Å². The Balaban J connectivity index is 2.55. The Morgan fingerprint density at radius 3 is 3.00 bits per heavy atom. The first-order valence-electron chi connectivity index (χ1n) is 5.02. The topological polar surface area (TPSA) is 69.0 Å². The highest BCUT2D eigenvalue weighted by molar-refractivity contribution is 5.80. The van der Waals surface area contributed by atoms with Gasteiger partial charge in [-0.3, -0.25) is 4.79 Å². The lowest BCUT2D eigenvalue weighted by molar-refractivity contribution is -0.127. The van der Waals surface area contributed by atoms with Crippen molar-refractivity contribution >= 4 is 11.7 Å². The molecule has 0 fully saturated rings. The molecular formula is C11H14N4O. The molecule has 0 saturated heterocycles. The molecule has 0 aromatic carbocycles. The number of nitriles is 1. The van der Waals surface area contributed by atoms with Gasteiger partial charge in [-0.05, 0) is 19.1 Å². The predicted molar refractivity (Wildman–Crippen MR) is 60.8 cm³/mol. The maximum atomic E-state index is 11.5. The molecule has 1 rings (SSSR count). The van der Waals surface area contributed by atoms with E-state index < -0.39 is 0 Å². The fourth-order valence-electron chi connectivity index (χ4n) is 1.07. The number of carbonyl (C=O) groups is 1. The lowest BCUT2D eigenvalue weighted by Gasteiger charge is -2.14. The number of pyridine rings is 1. The van der Waals surface area contributed by atoms with Gasteiger partial charge in [-0.2, -0.15) is 5.26 Å². The quantitative estimate of drug-likeness (QED) is 0.813. The van der Waals surface area contributed by atoms with Gasteiger partial charge in [0.1, 0.15) is 17.6 Å². The highest BCUT2D eigenvalue weighted by atomic mass is 16.2. The van der Waals surface area contributed by atoms with Gasteiger partial charge in [0.25, 0.3) is 0 Å². The molecule has 1 aromatic heterocycles. The Bertz CT molecular complexity index is 411. The van der Waals surface area contributed by atoms with Crippen molar-refractivity contribution in [1.82, 2.24) is 9.88 Å². The second kappa shape index (κ2) is 5.71. The Labute approximate surface area is 94.7 Å². The van der Waals surface area contributed by atoms with E-state index >= 15 is 0 Å². The molecule has 0 aliphatic heterocycles. The van der Waals surface area contributed by atoms with Crippen molar-refractivity contribution in [3.05, 3.63) is 23.9 Å². The number of likely N-dealkylation sites (N-methyl/N-ethyl adjacent to an activating group) is 1. The Kier molecular flexibility index (Phi) is 4.28. The average Bonchev–Trinajstić information content (AvgIpc) is 2.35. The van der Waals surface area contributed by atoms with Gasteiger partial charge in [0.05, 0.1) is 6.54 Å². The molecule has 0 spiro atoms. The normalized spacial score (nSPS) is 9.31. The summed E-state index contributed by atoms with van der Waals surface area (Å²) in [6, 6.07) is 7.01. The van der Waals surface area contributed by atoms with Crippen LogP contribution in [0.15, 0.2) is 18.2 Å². The number of nitrogens with zero attached hydrogens (tertiary/aromatic N) is 3. The largest absolute Gasteiger partial charge is 0.361 e. The molecule has 0 aliphatic rings. The summed E-state index contributed by atoms with van der Waals surface area (Å²) in [6.07, 6.45) is 0. The molecule has 1 heterocycles. The van der Waals surface area contributed by atoms with Crippen molar-refractivity contribution in [1.29, 1.82) is 5.26 Å². The van der Waals surface area contributed by atoms with Crippen LogP contribution < -0.4 is 5.32 Å². The van der Waals surface area contributed by atoms with Gasteiger partial charge in [0.2, 0.25) is 5.91 Å². The Morgan fingerprint density at radius 2 is 2.38 bits per heavy atom. The number of rotatable bonds is 4.